The van der Waals surface area contributed by atoms with E-state index in [1.165, 1.54) is 12.1 Å². The van der Waals surface area contributed by atoms with E-state index < -0.39 is 24.4 Å². The van der Waals surface area contributed by atoms with Gasteiger partial charge in [0.15, 0.2) is 0 Å². The Balaban J connectivity index is 2.86. The highest BCUT2D eigenvalue weighted by molar-refractivity contribution is 5.84. The van der Waals surface area contributed by atoms with Crippen molar-refractivity contribution < 1.29 is 18.0 Å². The van der Waals surface area contributed by atoms with Crippen LogP contribution in [0.25, 0.3) is 0 Å². The highest BCUT2D eigenvalue weighted by atomic mass is 19.3. The van der Waals surface area contributed by atoms with E-state index in [9.17, 15) is 18.0 Å². The van der Waals surface area contributed by atoms with Gasteiger partial charge >= 0.3 is 0 Å². The fraction of sp³-hybridized carbons (Fsp3) is 0.300. The molecule has 1 rings (SSSR count). The molecule has 0 saturated heterocycles. The zero-order chi connectivity index (χ0) is 10.7. The molecule has 1 aromatic rings. The Bertz CT molecular complexity index is 347. The summed E-state index contributed by atoms with van der Waals surface area (Å²) in [5.74, 6) is -1.70. The van der Waals surface area contributed by atoms with Crippen molar-refractivity contribution in [3.8, 4) is 0 Å². The van der Waals surface area contributed by atoms with E-state index in [4.69, 9.17) is 0 Å². The van der Waals surface area contributed by atoms with Gasteiger partial charge in [0, 0.05) is 6.42 Å². The van der Waals surface area contributed by atoms with Gasteiger partial charge < -0.3 is 0 Å². The molecule has 0 N–H and O–H groups in total. The Morgan fingerprint density at radius 2 is 2.07 bits per heavy atom. The highest BCUT2D eigenvalue weighted by Crippen LogP contribution is 2.12. The number of aryl methyl sites for hydroxylation is 1. The topological polar surface area (TPSA) is 17.1 Å². The van der Waals surface area contributed by atoms with Gasteiger partial charge in [-0.2, -0.15) is 0 Å². The number of carbonyl (C=O) groups excluding carboxylic acids is 1. The van der Waals surface area contributed by atoms with Crippen LogP contribution in [0.1, 0.15) is 11.1 Å². The molecule has 0 aromatic heterocycles. The van der Waals surface area contributed by atoms with Crippen molar-refractivity contribution in [3.05, 3.63) is 35.1 Å². The second kappa shape index (κ2) is 4.26. The van der Waals surface area contributed by atoms with E-state index in [-0.39, 0.29) is 0 Å². The zero-order valence-electron chi connectivity index (χ0n) is 7.56. The largest absolute Gasteiger partial charge is 0.296 e. The monoisotopic (exact) mass is 202 g/mol. The first-order valence-electron chi connectivity index (χ1n) is 4.06. The van der Waals surface area contributed by atoms with Gasteiger partial charge in [-0.05, 0) is 30.2 Å². The van der Waals surface area contributed by atoms with Crippen LogP contribution in [0.4, 0.5) is 13.2 Å². The van der Waals surface area contributed by atoms with Gasteiger partial charge in [-0.3, -0.25) is 4.79 Å². The smallest absolute Gasteiger partial charge is 0.293 e. The summed E-state index contributed by atoms with van der Waals surface area (Å²) in [6, 6.07) is 3.80. The predicted molar refractivity (Wildman–Crippen MR) is 45.9 cm³/mol. The lowest BCUT2D eigenvalue weighted by atomic mass is 10.0. The van der Waals surface area contributed by atoms with Gasteiger partial charge in [-0.25, -0.2) is 13.2 Å². The second-order valence-corrected chi connectivity index (χ2v) is 3.01. The summed E-state index contributed by atoms with van der Waals surface area (Å²) in [4.78, 5) is 10.7. The minimum Gasteiger partial charge on any atom is -0.293 e. The summed E-state index contributed by atoms with van der Waals surface area (Å²) in [5, 5.41) is 0. The Morgan fingerprint density at radius 3 is 2.64 bits per heavy atom. The molecule has 0 heterocycles. The van der Waals surface area contributed by atoms with Crippen molar-refractivity contribution in [2.75, 3.05) is 0 Å². The number of halogens is 3. The Labute approximate surface area is 79.5 Å². The summed E-state index contributed by atoms with van der Waals surface area (Å²) in [5.41, 5.74) is 0.954. The molecule has 76 valence electrons. The van der Waals surface area contributed by atoms with Crippen LogP contribution in [0, 0.1) is 12.7 Å². The van der Waals surface area contributed by atoms with Gasteiger partial charge in [-0.1, -0.05) is 6.07 Å². The normalized spacial score (nSPS) is 10.6. The molecule has 0 radical (unpaired) electrons. The van der Waals surface area contributed by atoms with Crippen LogP contribution < -0.4 is 0 Å². The van der Waals surface area contributed by atoms with Crippen LogP contribution in [0.5, 0.6) is 0 Å². The van der Waals surface area contributed by atoms with Crippen LogP contribution in [-0.4, -0.2) is 12.2 Å². The number of hydrogen-bond donors (Lipinski definition) is 0. The molecule has 0 atom stereocenters. The summed E-state index contributed by atoms with van der Waals surface area (Å²) in [6.07, 6.45) is -3.40. The molecule has 0 unspecified atom stereocenters. The summed E-state index contributed by atoms with van der Waals surface area (Å²) in [7, 11) is 0. The zero-order valence-corrected chi connectivity index (χ0v) is 7.56. The molecule has 14 heavy (non-hydrogen) atoms. The molecular formula is C10H9F3O. The van der Waals surface area contributed by atoms with Crippen LogP contribution in [-0.2, 0) is 11.2 Å². The minimum atomic E-state index is -2.99. The van der Waals surface area contributed by atoms with E-state index in [1.807, 2.05) is 0 Å². The quantitative estimate of drug-likeness (QED) is 0.736. The third-order valence-corrected chi connectivity index (χ3v) is 1.92. The van der Waals surface area contributed by atoms with Crippen molar-refractivity contribution in [3.63, 3.8) is 0 Å². The number of Topliss-reactive ketones (excluding diaryl/α,β-unsaturated/α-hetero) is 1. The van der Waals surface area contributed by atoms with Gasteiger partial charge in [0.2, 0.25) is 5.78 Å². The predicted octanol–water partition coefficient (Wildman–Crippen LogP) is 2.51. The molecule has 4 heteroatoms. The molecule has 0 aliphatic heterocycles. The number of alkyl halides is 2. The average molecular weight is 202 g/mol. The molecular weight excluding hydrogens is 193 g/mol. The van der Waals surface area contributed by atoms with Crippen molar-refractivity contribution >= 4 is 5.78 Å². The lowest BCUT2D eigenvalue weighted by Gasteiger charge is -2.04. The summed E-state index contributed by atoms with van der Waals surface area (Å²) >= 11 is 0. The fourth-order valence-corrected chi connectivity index (χ4v) is 1.10. The van der Waals surface area contributed by atoms with Gasteiger partial charge in [-0.15, -0.1) is 0 Å². The lowest BCUT2D eigenvalue weighted by molar-refractivity contribution is -0.128. The Hall–Kier alpha value is -1.32. The first kappa shape index (κ1) is 10.8. The van der Waals surface area contributed by atoms with Crippen molar-refractivity contribution in [2.24, 2.45) is 0 Å². The number of carbonyl (C=O) groups is 1. The Kier molecular flexibility index (Phi) is 3.28. The maximum Gasteiger partial charge on any atom is 0.296 e. The molecule has 0 spiro atoms. The molecule has 1 nitrogen and oxygen atoms in total. The molecule has 0 saturated carbocycles. The molecule has 0 amide bonds. The standard InChI is InChI=1S/C10H9F3O/c1-6-2-3-8(11)4-7(6)5-9(14)10(12)13/h2-4,10H,5H2,1H3. The lowest BCUT2D eigenvalue weighted by Crippen LogP contribution is -2.13. The molecule has 1 aromatic carbocycles. The first-order valence-corrected chi connectivity index (χ1v) is 4.06. The van der Waals surface area contributed by atoms with E-state index in [0.717, 1.165) is 6.07 Å². The number of ketones is 1. The molecule has 0 aliphatic rings. The SMILES string of the molecule is Cc1ccc(F)cc1CC(=O)C(F)F. The van der Waals surface area contributed by atoms with Crippen LogP contribution in [0.2, 0.25) is 0 Å². The molecule has 0 bridgehead atoms. The maximum absolute atomic E-state index is 12.7. The van der Waals surface area contributed by atoms with E-state index in [2.05, 4.69) is 0 Å². The van der Waals surface area contributed by atoms with Crippen molar-refractivity contribution in [1.82, 2.24) is 0 Å². The number of hydrogen-bond acceptors (Lipinski definition) is 1. The third-order valence-electron chi connectivity index (χ3n) is 1.92. The van der Waals surface area contributed by atoms with Crippen LogP contribution in [0.15, 0.2) is 18.2 Å². The van der Waals surface area contributed by atoms with Crippen molar-refractivity contribution in [2.45, 2.75) is 19.8 Å². The van der Waals surface area contributed by atoms with Crippen molar-refractivity contribution in [1.29, 1.82) is 0 Å². The van der Waals surface area contributed by atoms with Crippen LogP contribution >= 0.6 is 0 Å². The minimum absolute atomic E-state index is 0.315. The summed E-state index contributed by atoms with van der Waals surface area (Å²) in [6.45, 7) is 1.65. The number of rotatable bonds is 3. The second-order valence-electron chi connectivity index (χ2n) is 3.01. The average Bonchev–Trinajstić information content (AvgIpc) is 2.11. The van der Waals surface area contributed by atoms with E-state index in [0.29, 0.717) is 11.1 Å². The summed E-state index contributed by atoms with van der Waals surface area (Å²) < 4.78 is 36.5. The van der Waals surface area contributed by atoms with E-state index >= 15 is 0 Å². The third kappa shape index (κ3) is 2.58. The van der Waals surface area contributed by atoms with E-state index in [1.54, 1.807) is 6.92 Å². The highest BCUT2D eigenvalue weighted by Gasteiger charge is 2.16. The van der Waals surface area contributed by atoms with Gasteiger partial charge in [0.1, 0.15) is 5.82 Å². The molecule has 0 fully saturated rings. The number of benzene rings is 1. The Morgan fingerprint density at radius 1 is 1.43 bits per heavy atom. The van der Waals surface area contributed by atoms with Crippen LogP contribution in [0.3, 0.4) is 0 Å². The maximum atomic E-state index is 12.7. The molecule has 0 aliphatic carbocycles. The van der Waals surface area contributed by atoms with Gasteiger partial charge in [0.25, 0.3) is 6.43 Å². The fourth-order valence-electron chi connectivity index (χ4n) is 1.10. The first-order chi connectivity index (χ1) is 6.50. The van der Waals surface area contributed by atoms with Gasteiger partial charge in [0.05, 0.1) is 0 Å².